The quantitative estimate of drug-likeness (QED) is 0.883. The molecule has 1 aromatic heterocycles. The number of fused-ring (bicyclic) bond motifs is 1. The third kappa shape index (κ3) is 2.42. The van der Waals surface area contributed by atoms with Gasteiger partial charge in [-0.05, 0) is 24.5 Å². The minimum atomic E-state index is 0.304. The molecule has 1 fully saturated rings. The first-order chi connectivity index (χ1) is 8.70. The van der Waals surface area contributed by atoms with E-state index in [1.165, 1.54) is 5.39 Å². The van der Waals surface area contributed by atoms with Gasteiger partial charge in [-0.25, -0.2) is 0 Å². The maximum absolute atomic E-state index is 6.07. The summed E-state index contributed by atoms with van der Waals surface area (Å²) in [7, 11) is 0. The summed E-state index contributed by atoms with van der Waals surface area (Å²) >= 11 is 0. The van der Waals surface area contributed by atoms with Gasteiger partial charge >= 0.3 is 0 Å². The number of furan rings is 1. The minimum Gasteiger partial charge on any atom is -0.460 e. The highest BCUT2D eigenvalue weighted by Crippen LogP contribution is 2.22. The van der Waals surface area contributed by atoms with Gasteiger partial charge < -0.3 is 10.2 Å². The largest absolute Gasteiger partial charge is 0.460 e. The first kappa shape index (κ1) is 11.8. The minimum absolute atomic E-state index is 0.304. The van der Waals surface area contributed by atoms with Gasteiger partial charge in [0.15, 0.2) is 0 Å². The molecule has 0 saturated carbocycles. The second-order valence-electron chi connectivity index (χ2n) is 5.55. The molecule has 3 heteroatoms. The third-order valence-electron chi connectivity index (χ3n) is 3.62. The first-order valence-corrected chi connectivity index (χ1v) is 6.66. The van der Waals surface area contributed by atoms with Gasteiger partial charge in [0, 0.05) is 24.5 Å². The van der Waals surface area contributed by atoms with Gasteiger partial charge in [-0.15, -0.1) is 0 Å². The maximum Gasteiger partial charge on any atom is 0.134 e. The maximum atomic E-state index is 6.07. The van der Waals surface area contributed by atoms with E-state index in [2.05, 4.69) is 24.0 Å². The van der Waals surface area contributed by atoms with E-state index in [4.69, 9.17) is 10.2 Å². The van der Waals surface area contributed by atoms with Crippen LogP contribution < -0.4 is 5.73 Å². The van der Waals surface area contributed by atoms with E-state index in [0.29, 0.717) is 12.0 Å². The number of nitrogens with zero attached hydrogens (tertiary/aromatic N) is 1. The zero-order chi connectivity index (χ0) is 12.5. The van der Waals surface area contributed by atoms with Crippen molar-refractivity contribution in [3.05, 3.63) is 36.1 Å². The van der Waals surface area contributed by atoms with Gasteiger partial charge in [-0.1, -0.05) is 25.1 Å². The van der Waals surface area contributed by atoms with Gasteiger partial charge in [0.2, 0.25) is 0 Å². The summed E-state index contributed by atoms with van der Waals surface area (Å²) < 4.78 is 5.86. The second-order valence-corrected chi connectivity index (χ2v) is 5.55. The number of hydrogen-bond donors (Lipinski definition) is 1. The van der Waals surface area contributed by atoms with Crippen molar-refractivity contribution >= 4 is 11.0 Å². The molecule has 18 heavy (non-hydrogen) atoms. The summed E-state index contributed by atoms with van der Waals surface area (Å²) in [5.41, 5.74) is 7.05. The van der Waals surface area contributed by atoms with Gasteiger partial charge in [0.1, 0.15) is 11.3 Å². The molecule has 1 aliphatic heterocycles. The van der Waals surface area contributed by atoms with Gasteiger partial charge in [0.05, 0.1) is 6.54 Å². The van der Waals surface area contributed by atoms with Crippen LogP contribution >= 0.6 is 0 Å². The molecule has 0 aliphatic carbocycles. The fourth-order valence-electron chi connectivity index (χ4n) is 2.98. The van der Waals surface area contributed by atoms with E-state index >= 15 is 0 Å². The van der Waals surface area contributed by atoms with Gasteiger partial charge in [-0.3, -0.25) is 4.90 Å². The first-order valence-electron chi connectivity index (χ1n) is 6.66. The highest BCUT2D eigenvalue weighted by Gasteiger charge is 2.22. The Kier molecular flexibility index (Phi) is 3.10. The Morgan fingerprint density at radius 2 is 2.17 bits per heavy atom. The van der Waals surface area contributed by atoms with Crippen molar-refractivity contribution in [1.29, 1.82) is 0 Å². The summed E-state index contributed by atoms with van der Waals surface area (Å²) in [4.78, 5) is 2.40. The molecule has 1 aromatic carbocycles. The van der Waals surface area contributed by atoms with Crippen molar-refractivity contribution in [2.75, 3.05) is 13.1 Å². The molecule has 2 unspecified atom stereocenters. The Balaban J connectivity index is 1.75. The number of nitrogens with two attached hydrogens (primary N) is 1. The van der Waals surface area contributed by atoms with Crippen LogP contribution in [-0.2, 0) is 6.54 Å². The smallest absolute Gasteiger partial charge is 0.134 e. The summed E-state index contributed by atoms with van der Waals surface area (Å²) in [6, 6.07) is 10.6. The highest BCUT2D eigenvalue weighted by atomic mass is 16.3. The number of rotatable bonds is 2. The van der Waals surface area contributed by atoms with Crippen molar-refractivity contribution in [2.45, 2.75) is 25.9 Å². The monoisotopic (exact) mass is 244 g/mol. The lowest BCUT2D eigenvalue weighted by molar-refractivity contribution is 0.149. The van der Waals surface area contributed by atoms with Crippen molar-refractivity contribution in [3.63, 3.8) is 0 Å². The molecular weight excluding hydrogens is 224 g/mol. The molecular formula is C15H20N2O. The van der Waals surface area contributed by atoms with E-state index in [1.807, 2.05) is 18.2 Å². The average Bonchev–Trinajstić information content (AvgIpc) is 2.69. The zero-order valence-electron chi connectivity index (χ0n) is 10.8. The van der Waals surface area contributed by atoms with Crippen LogP contribution in [0.25, 0.3) is 11.0 Å². The number of para-hydroxylation sites is 1. The molecule has 2 N–H and O–H groups in total. The van der Waals surface area contributed by atoms with E-state index in [9.17, 15) is 0 Å². The van der Waals surface area contributed by atoms with E-state index in [-0.39, 0.29) is 0 Å². The molecule has 2 aromatic rings. The Bertz CT molecular complexity index is 491. The lowest BCUT2D eigenvalue weighted by Gasteiger charge is -2.34. The number of likely N-dealkylation sites (tertiary alicyclic amines) is 1. The molecule has 0 radical (unpaired) electrons. The summed E-state index contributed by atoms with van der Waals surface area (Å²) in [5, 5.41) is 1.18. The van der Waals surface area contributed by atoms with Crippen LogP contribution in [0.2, 0.25) is 0 Å². The fraction of sp³-hybridized carbons (Fsp3) is 0.467. The van der Waals surface area contributed by atoms with Crippen LogP contribution in [0.1, 0.15) is 19.1 Å². The molecule has 1 saturated heterocycles. The fourth-order valence-corrected chi connectivity index (χ4v) is 2.98. The van der Waals surface area contributed by atoms with Crippen LogP contribution in [0.5, 0.6) is 0 Å². The van der Waals surface area contributed by atoms with E-state index in [0.717, 1.165) is 37.4 Å². The molecule has 3 rings (SSSR count). The Morgan fingerprint density at radius 3 is 2.94 bits per heavy atom. The Morgan fingerprint density at radius 1 is 1.33 bits per heavy atom. The number of hydrogen-bond acceptors (Lipinski definition) is 3. The van der Waals surface area contributed by atoms with Crippen molar-refractivity contribution in [2.24, 2.45) is 11.7 Å². The summed E-state index contributed by atoms with van der Waals surface area (Å²) in [6.45, 7) is 5.23. The second kappa shape index (κ2) is 4.75. The summed E-state index contributed by atoms with van der Waals surface area (Å²) in [5.74, 6) is 1.72. The lowest BCUT2D eigenvalue weighted by atomic mass is 9.96. The lowest BCUT2D eigenvalue weighted by Crippen LogP contribution is -2.45. The standard InChI is InChI=1S/C15H20N2O/c1-11-6-13(16)9-17(8-11)10-14-7-12-4-2-3-5-15(12)18-14/h2-5,7,11,13H,6,8-10,16H2,1H3. The van der Waals surface area contributed by atoms with Crippen molar-refractivity contribution in [1.82, 2.24) is 4.90 Å². The average molecular weight is 244 g/mol. The Labute approximate surface area is 108 Å². The number of piperidine rings is 1. The molecule has 0 amide bonds. The summed E-state index contributed by atoms with van der Waals surface area (Å²) in [6.07, 6.45) is 1.14. The van der Waals surface area contributed by atoms with Crippen LogP contribution in [0.3, 0.4) is 0 Å². The molecule has 2 heterocycles. The molecule has 0 spiro atoms. The molecule has 96 valence electrons. The molecule has 3 nitrogen and oxygen atoms in total. The topological polar surface area (TPSA) is 42.4 Å². The van der Waals surface area contributed by atoms with Crippen LogP contribution in [0.15, 0.2) is 34.7 Å². The normalized spacial score (nSPS) is 25.7. The molecule has 2 atom stereocenters. The molecule has 0 bridgehead atoms. The van der Waals surface area contributed by atoms with Crippen LogP contribution in [0.4, 0.5) is 0 Å². The molecule has 1 aliphatic rings. The Hall–Kier alpha value is -1.32. The SMILES string of the molecule is CC1CC(N)CN(Cc2cc3ccccc3o2)C1. The zero-order valence-corrected chi connectivity index (χ0v) is 10.8. The van der Waals surface area contributed by atoms with Gasteiger partial charge in [-0.2, -0.15) is 0 Å². The third-order valence-corrected chi connectivity index (χ3v) is 3.62. The number of benzene rings is 1. The van der Waals surface area contributed by atoms with E-state index in [1.54, 1.807) is 0 Å². The van der Waals surface area contributed by atoms with Crippen LogP contribution in [0, 0.1) is 5.92 Å². The van der Waals surface area contributed by atoms with Crippen LogP contribution in [-0.4, -0.2) is 24.0 Å². The van der Waals surface area contributed by atoms with E-state index < -0.39 is 0 Å². The van der Waals surface area contributed by atoms with Crippen molar-refractivity contribution < 1.29 is 4.42 Å². The van der Waals surface area contributed by atoms with Gasteiger partial charge in [0.25, 0.3) is 0 Å². The predicted molar refractivity (Wildman–Crippen MR) is 73.2 cm³/mol. The van der Waals surface area contributed by atoms with Crippen molar-refractivity contribution in [3.8, 4) is 0 Å². The predicted octanol–water partition coefficient (Wildman–Crippen LogP) is 2.60. The highest BCUT2D eigenvalue weighted by molar-refractivity contribution is 5.77.